The molecule has 0 aliphatic carbocycles. The number of carbonyl (C=O) groups excluding carboxylic acids is 1. The molecule has 134 valence electrons. The molecule has 2 aromatic heterocycles. The molecule has 1 fully saturated rings. The second-order valence-electron chi connectivity index (χ2n) is 5.21. The molecule has 1 amide bonds. The van der Waals surface area contributed by atoms with E-state index in [4.69, 9.17) is 16.2 Å². The Kier molecular flexibility index (Phi) is 4.07. The van der Waals surface area contributed by atoms with Gasteiger partial charge in [0, 0.05) is 0 Å². The average Bonchev–Trinajstić information content (AvgIpc) is 3.10. The summed E-state index contributed by atoms with van der Waals surface area (Å²) in [4.78, 5) is 38.0. The van der Waals surface area contributed by atoms with E-state index in [0.29, 0.717) is 0 Å². The van der Waals surface area contributed by atoms with Crippen molar-refractivity contribution in [1.82, 2.24) is 19.5 Å². The number of imidazole rings is 1. The Labute approximate surface area is 138 Å². The van der Waals surface area contributed by atoms with Crippen LogP contribution in [0.4, 0.5) is 5.82 Å². The molecule has 3 unspecified atom stereocenters. The number of primary amides is 1. The van der Waals surface area contributed by atoms with E-state index < -0.39 is 41.6 Å². The minimum atomic E-state index is -1.91. The molecule has 25 heavy (non-hydrogen) atoms. The lowest BCUT2D eigenvalue weighted by molar-refractivity contribution is -0.772. The number of rotatable bonds is 5. The number of nitrogens with zero attached hydrogens (tertiary/aromatic N) is 5. The van der Waals surface area contributed by atoms with Crippen LogP contribution in [0.5, 0.6) is 0 Å². The summed E-state index contributed by atoms with van der Waals surface area (Å²) in [5.74, 6) is -1.12. The number of amides is 1. The molecule has 0 spiro atoms. The Morgan fingerprint density at radius 3 is 2.84 bits per heavy atom. The van der Waals surface area contributed by atoms with Crippen LogP contribution in [-0.2, 0) is 14.4 Å². The lowest BCUT2D eigenvalue weighted by Gasteiger charge is -2.19. The van der Waals surface area contributed by atoms with Gasteiger partial charge in [0.05, 0.1) is 6.33 Å². The minimum Gasteiger partial charge on any atom is -0.388 e. The number of aliphatic hydroxyl groups is 2. The first-order valence-electron chi connectivity index (χ1n) is 6.86. The zero-order valence-corrected chi connectivity index (χ0v) is 12.4. The van der Waals surface area contributed by atoms with Gasteiger partial charge in [-0.2, -0.15) is 0 Å². The highest BCUT2D eigenvalue weighted by molar-refractivity contribution is 5.81. The number of aromatic nitrogens is 4. The molecule has 14 heteroatoms. The van der Waals surface area contributed by atoms with E-state index in [2.05, 4.69) is 19.8 Å². The van der Waals surface area contributed by atoms with Gasteiger partial charge in [-0.3, -0.25) is 9.36 Å². The lowest BCUT2D eigenvalue weighted by Crippen LogP contribution is -2.46. The SMILES string of the molecule is NC(=O)C(O)[C@H]1O[C@@H](n2cnc3c(N)ncnc32)C(O[N+](=O)[O-])C1O. The third-order valence-corrected chi connectivity index (χ3v) is 3.72. The summed E-state index contributed by atoms with van der Waals surface area (Å²) in [6.07, 6.45) is -5.77. The summed E-state index contributed by atoms with van der Waals surface area (Å²) in [7, 11) is 0. The van der Waals surface area contributed by atoms with Gasteiger partial charge in [-0.25, -0.2) is 15.0 Å². The van der Waals surface area contributed by atoms with E-state index in [-0.39, 0.29) is 17.0 Å². The molecule has 14 nitrogen and oxygen atoms in total. The smallest absolute Gasteiger partial charge is 0.295 e. The normalized spacial score (nSPS) is 27.3. The van der Waals surface area contributed by atoms with Gasteiger partial charge in [0.2, 0.25) is 5.91 Å². The predicted molar refractivity (Wildman–Crippen MR) is 76.7 cm³/mol. The minimum absolute atomic E-state index is 0.0581. The number of hydrogen-bond donors (Lipinski definition) is 4. The largest absolute Gasteiger partial charge is 0.388 e. The Morgan fingerprint density at radius 2 is 2.20 bits per heavy atom. The molecule has 6 N–H and O–H groups in total. The predicted octanol–water partition coefficient (Wildman–Crippen LogP) is -2.91. The first-order valence-corrected chi connectivity index (χ1v) is 6.86. The standard InChI is InChI=1S/C11H13N7O7/c12-8-3-10(15-1-14-8)17(2-16-3)11-7(25-18(22)23)4(19)6(24-11)5(20)9(13)21/h1-2,4-7,11,19-20H,(H2,13,21)(H2,12,14,15)/t4?,5?,6-,7?,11+/m0/s1. The van der Waals surface area contributed by atoms with E-state index in [1.54, 1.807) is 0 Å². The van der Waals surface area contributed by atoms with Crippen molar-refractivity contribution in [2.24, 2.45) is 5.73 Å². The van der Waals surface area contributed by atoms with Crippen molar-refractivity contribution in [3.63, 3.8) is 0 Å². The zero-order valence-electron chi connectivity index (χ0n) is 12.4. The number of nitrogens with two attached hydrogens (primary N) is 2. The summed E-state index contributed by atoms with van der Waals surface area (Å²) in [6.45, 7) is 0. The molecule has 2 aromatic rings. The van der Waals surface area contributed by atoms with Crippen molar-refractivity contribution >= 4 is 22.9 Å². The van der Waals surface area contributed by atoms with Crippen LogP contribution in [0.1, 0.15) is 6.23 Å². The second kappa shape index (κ2) is 6.08. The van der Waals surface area contributed by atoms with Crippen molar-refractivity contribution in [2.45, 2.75) is 30.6 Å². The van der Waals surface area contributed by atoms with E-state index in [1.165, 1.54) is 10.9 Å². The fourth-order valence-electron chi connectivity index (χ4n) is 2.59. The number of aliphatic hydroxyl groups excluding tert-OH is 2. The number of hydrogen-bond acceptors (Lipinski definition) is 11. The van der Waals surface area contributed by atoms with Gasteiger partial charge in [-0.05, 0) is 0 Å². The summed E-state index contributed by atoms with van der Waals surface area (Å²) in [5, 5.41) is 29.6. The van der Waals surface area contributed by atoms with Crippen molar-refractivity contribution in [1.29, 1.82) is 0 Å². The van der Waals surface area contributed by atoms with Crippen molar-refractivity contribution in [2.75, 3.05) is 5.73 Å². The molecule has 1 aliphatic rings. The van der Waals surface area contributed by atoms with Gasteiger partial charge < -0.3 is 31.3 Å². The lowest BCUT2D eigenvalue weighted by atomic mass is 10.1. The monoisotopic (exact) mass is 355 g/mol. The maximum Gasteiger partial charge on any atom is 0.295 e. The highest BCUT2D eigenvalue weighted by Crippen LogP contribution is 2.35. The van der Waals surface area contributed by atoms with Gasteiger partial charge in [-0.1, -0.05) is 0 Å². The maximum absolute atomic E-state index is 11.2. The molecular formula is C11H13N7O7. The second-order valence-corrected chi connectivity index (χ2v) is 5.21. The molecule has 0 aromatic carbocycles. The molecule has 1 aliphatic heterocycles. The van der Waals surface area contributed by atoms with Crippen LogP contribution in [-0.4, -0.2) is 65.1 Å². The first kappa shape index (κ1) is 16.7. The third-order valence-electron chi connectivity index (χ3n) is 3.72. The molecular weight excluding hydrogens is 342 g/mol. The van der Waals surface area contributed by atoms with Gasteiger partial charge in [0.25, 0.3) is 5.09 Å². The quantitative estimate of drug-likeness (QED) is 0.315. The summed E-state index contributed by atoms with van der Waals surface area (Å²) in [5.41, 5.74) is 11.0. The zero-order chi connectivity index (χ0) is 18.3. The number of carbonyl (C=O) groups is 1. The molecule has 5 atom stereocenters. The fraction of sp³-hybridized carbons (Fsp3) is 0.455. The highest BCUT2D eigenvalue weighted by atomic mass is 17.0. The van der Waals surface area contributed by atoms with E-state index >= 15 is 0 Å². The topological polar surface area (TPSA) is 215 Å². The van der Waals surface area contributed by atoms with Crippen LogP contribution in [0.15, 0.2) is 12.7 Å². The van der Waals surface area contributed by atoms with Crippen LogP contribution >= 0.6 is 0 Å². The van der Waals surface area contributed by atoms with E-state index in [9.17, 15) is 25.1 Å². The van der Waals surface area contributed by atoms with Crippen molar-refractivity contribution < 1.29 is 29.7 Å². The van der Waals surface area contributed by atoms with Crippen molar-refractivity contribution in [3.8, 4) is 0 Å². The molecule has 0 saturated carbocycles. The van der Waals surface area contributed by atoms with Gasteiger partial charge in [0.15, 0.2) is 29.9 Å². The fourth-order valence-corrected chi connectivity index (χ4v) is 2.59. The Morgan fingerprint density at radius 1 is 1.48 bits per heavy atom. The maximum atomic E-state index is 11.2. The van der Waals surface area contributed by atoms with Crippen LogP contribution in [0.2, 0.25) is 0 Å². The van der Waals surface area contributed by atoms with Gasteiger partial charge >= 0.3 is 0 Å². The van der Waals surface area contributed by atoms with Crippen LogP contribution in [0.3, 0.4) is 0 Å². The molecule has 0 radical (unpaired) electrons. The van der Waals surface area contributed by atoms with E-state index in [0.717, 1.165) is 6.33 Å². The average molecular weight is 355 g/mol. The van der Waals surface area contributed by atoms with Gasteiger partial charge in [0.1, 0.15) is 24.1 Å². The summed E-state index contributed by atoms with van der Waals surface area (Å²) in [6, 6.07) is 0. The number of nitrogen functional groups attached to an aromatic ring is 1. The molecule has 3 heterocycles. The summed E-state index contributed by atoms with van der Waals surface area (Å²) >= 11 is 0. The Bertz CT molecular complexity index is 826. The Hall–Kier alpha value is -3.10. The number of ether oxygens (including phenoxy) is 1. The van der Waals surface area contributed by atoms with Crippen LogP contribution in [0, 0.1) is 10.1 Å². The van der Waals surface area contributed by atoms with Crippen molar-refractivity contribution in [3.05, 3.63) is 22.8 Å². The Balaban J connectivity index is 2.03. The van der Waals surface area contributed by atoms with E-state index in [1.807, 2.05) is 0 Å². The molecule has 3 rings (SSSR count). The van der Waals surface area contributed by atoms with Gasteiger partial charge in [-0.15, -0.1) is 10.1 Å². The van der Waals surface area contributed by atoms with Crippen LogP contribution in [0.25, 0.3) is 11.2 Å². The summed E-state index contributed by atoms with van der Waals surface area (Å²) < 4.78 is 6.60. The number of fused-ring (bicyclic) bond motifs is 1. The van der Waals surface area contributed by atoms with Crippen LogP contribution < -0.4 is 11.5 Å². The molecule has 1 saturated heterocycles. The first-order chi connectivity index (χ1) is 11.8. The molecule has 0 bridgehead atoms. The third kappa shape index (κ3) is 2.77. The highest BCUT2D eigenvalue weighted by Gasteiger charge is 2.51. The number of anilines is 1.